The maximum absolute atomic E-state index is 13.6. The van der Waals surface area contributed by atoms with Crippen molar-refractivity contribution >= 4 is 29.7 Å². The van der Waals surface area contributed by atoms with E-state index >= 15 is 0 Å². The van der Waals surface area contributed by atoms with Gasteiger partial charge in [0.05, 0.1) is 56.7 Å². The lowest BCUT2D eigenvalue weighted by atomic mass is 9.99. The summed E-state index contributed by atoms with van der Waals surface area (Å²) >= 11 is 0. The number of carbonyl (C=O) groups excluding carboxylic acids is 4. The second-order valence-electron chi connectivity index (χ2n) is 14.9. The third kappa shape index (κ3) is 8.24. The molecule has 0 bridgehead atoms. The molecule has 4 atom stereocenters. The molecule has 0 radical (unpaired) electrons. The Kier molecular flexibility index (Phi) is 12.1. The molecule has 0 unspecified atom stereocenters. The minimum Gasteiger partial charge on any atom is -0.453 e. The Balaban J connectivity index is 1.15. The lowest BCUT2D eigenvalue weighted by molar-refractivity contribution is -0.136. The minimum atomic E-state index is -0.723. The molecule has 4 amide bonds. The number of amides is 4. The van der Waals surface area contributed by atoms with Crippen LogP contribution < -0.4 is 10.6 Å². The van der Waals surface area contributed by atoms with Gasteiger partial charge in [-0.25, -0.2) is 24.4 Å². The van der Waals surface area contributed by atoms with E-state index in [1.165, 1.54) is 14.2 Å². The van der Waals surface area contributed by atoms with Gasteiger partial charge in [0.2, 0.25) is 11.8 Å². The van der Waals surface area contributed by atoms with Crippen molar-refractivity contribution in [3.05, 3.63) is 77.9 Å². The van der Waals surface area contributed by atoms with Gasteiger partial charge in [0.1, 0.15) is 23.7 Å². The maximum atomic E-state index is 13.6. The van der Waals surface area contributed by atoms with Crippen LogP contribution in [-0.2, 0) is 19.1 Å². The molecule has 56 heavy (non-hydrogen) atoms. The number of hydrogen-bond acceptors (Lipinski definition) is 8. The summed E-state index contributed by atoms with van der Waals surface area (Å²) in [6.45, 7) is 16.7. The molecule has 2 aromatic carbocycles. The second-order valence-corrected chi connectivity index (χ2v) is 14.9. The molecule has 0 aliphatic carbocycles. The molecule has 294 valence electrons. The van der Waals surface area contributed by atoms with Crippen molar-refractivity contribution in [2.45, 2.75) is 77.5 Å². The van der Waals surface area contributed by atoms with E-state index < -0.39 is 24.3 Å². The first-order chi connectivity index (χ1) is 26.9. The Morgan fingerprint density at radius 2 is 1.18 bits per heavy atom. The number of benzene rings is 2. The fourth-order valence-electron chi connectivity index (χ4n) is 7.56. The van der Waals surface area contributed by atoms with E-state index in [4.69, 9.17) is 16.0 Å². The van der Waals surface area contributed by atoms with Crippen LogP contribution in [0.25, 0.3) is 38.5 Å². The summed E-state index contributed by atoms with van der Waals surface area (Å²) in [6, 6.07) is 11.6. The molecule has 4 N–H and O–H groups in total. The third-order valence-electron chi connectivity index (χ3n) is 10.6. The first-order valence-electron chi connectivity index (χ1n) is 19.0. The van der Waals surface area contributed by atoms with Gasteiger partial charge in [-0.3, -0.25) is 9.59 Å². The molecule has 4 heterocycles. The number of methoxy groups -OCH3 is 2. The largest absolute Gasteiger partial charge is 0.453 e. The van der Waals surface area contributed by atoms with E-state index in [1.54, 1.807) is 22.2 Å². The number of alkyl carbamates (subject to hydrolysis) is 2. The zero-order valence-electron chi connectivity index (χ0n) is 32.6. The van der Waals surface area contributed by atoms with Crippen LogP contribution in [-0.4, -0.2) is 93.1 Å². The van der Waals surface area contributed by atoms with Crippen LogP contribution in [0.2, 0.25) is 0 Å². The van der Waals surface area contributed by atoms with Crippen molar-refractivity contribution in [3.63, 3.8) is 0 Å². The number of carbonyl (C=O) groups is 4. The number of H-pyrrole nitrogens is 2. The van der Waals surface area contributed by atoms with Crippen LogP contribution in [0.15, 0.2) is 54.9 Å². The molecule has 2 saturated heterocycles. The van der Waals surface area contributed by atoms with Gasteiger partial charge in [0.25, 0.3) is 0 Å². The fraction of sp³-hybridized carbons (Fsp3) is 0.439. The van der Waals surface area contributed by atoms with E-state index in [0.29, 0.717) is 30.4 Å². The van der Waals surface area contributed by atoms with E-state index in [-0.39, 0.29) is 35.7 Å². The van der Waals surface area contributed by atoms with E-state index in [9.17, 15) is 19.2 Å². The Labute approximate surface area is 326 Å². The zero-order valence-corrected chi connectivity index (χ0v) is 32.6. The van der Waals surface area contributed by atoms with Crippen LogP contribution in [0, 0.1) is 18.4 Å². The lowest BCUT2D eigenvalue weighted by Gasteiger charge is -2.30. The number of ether oxygens (including phenoxy) is 2. The Morgan fingerprint density at radius 1 is 0.732 bits per heavy atom. The molecular weight excluding hydrogens is 715 g/mol. The summed E-state index contributed by atoms with van der Waals surface area (Å²) in [4.78, 5) is 74.5. The van der Waals surface area contributed by atoms with Crippen LogP contribution in [0.5, 0.6) is 0 Å². The maximum Gasteiger partial charge on any atom is 0.407 e. The molecule has 15 nitrogen and oxygen atoms in total. The van der Waals surface area contributed by atoms with Crippen LogP contribution in [0.1, 0.15) is 77.1 Å². The van der Waals surface area contributed by atoms with Gasteiger partial charge < -0.3 is 39.9 Å². The molecule has 6 rings (SSSR count). The number of nitrogens with zero attached hydrogens (tertiary/aromatic N) is 5. The van der Waals surface area contributed by atoms with Gasteiger partial charge in [-0.15, -0.1) is 0 Å². The number of hydrogen-bond donors (Lipinski definition) is 4. The van der Waals surface area contributed by atoms with Gasteiger partial charge >= 0.3 is 12.2 Å². The number of imidazole rings is 2. The molecule has 2 aliphatic rings. The van der Waals surface area contributed by atoms with Crippen molar-refractivity contribution in [1.29, 1.82) is 0 Å². The van der Waals surface area contributed by atoms with Crippen molar-refractivity contribution in [1.82, 2.24) is 40.4 Å². The van der Waals surface area contributed by atoms with Gasteiger partial charge in [-0.2, -0.15) is 0 Å². The number of likely N-dealkylation sites (tertiary alicyclic amines) is 2. The summed E-state index contributed by atoms with van der Waals surface area (Å²) in [5.41, 5.74) is 5.38. The third-order valence-corrected chi connectivity index (χ3v) is 10.6. The average molecular weight is 764 g/mol. The predicted octanol–water partition coefficient (Wildman–Crippen LogP) is 6.77. The van der Waals surface area contributed by atoms with Crippen molar-refractivity contribution in [2.24, 2.45) is 11.8 Å². The average Bonchev–Trinajstić information content (AvgIpc) is 4.04. The first-order valence-corrected chi connectivity index (χ1v) is 19.0. The number of rotatable bonds is 11. The van der Waals surface area contributed by atoms with Crippen LogP contribution in [0.3, 0.4) is 0 Å². The summed E-state index contributed by atoms with van der Waals surface area (Å²) in [6.07, 6.45) is 5.32. The van der Waals surface area contributed by atoms with E-state index in [1.807, 2.05) is 70.2 Å². The summed E-state index contributed by atoms with van der Waals surface area (Å²) in [7, 11) is 2.55. The summed E-state index contributed by atoms with van der Waals surface area (Å²) in [5.74, 6) is 0.739. The van der Waals surface area contributed by atoms with E-state index in [0.717, 1.165) is 59.3 Å². The molecule has 15 heteroatoms. The summed E-state index contributed by atoms with van der Waals surface area (Å²) in [5, 5.41) is 5.36. The molecule has 2 aliphatic heterocycles. The molecule has 2 fully saturated rings. The molecule has 2 aromatic heterocycles. The molecule has 4 aromatic rings. The summed E-state index contributed by atoms with van der Waals surface area (Å²) < 4.78 is 9.50. The highest BCUT2D eigenvalue weighted by Crippen LogP contribution is 2.38. The van der Waals surface area contributed by atoms with Gasteiger partial charge in [0, 0.05) is 13.1 Å². The fourth-order valence-corrected chi connectivity index (χ4v) is 7.56. The monoisotopic (exact) mass is 763 g/mol. The highest BCUT2D eigenvalue weighted by atomic mass is 16.5. The Bertz CT molecular complexity index is 2100. The van der Waals surface area contributed by atoms with Gasteiger partial charge in [-0.1, -0.05) is 64.1 Å². The van der Waals surface area contributed by atoms with Crippen molar-refractivity contribution in [2.75, 3.05) is 27.3 Å². The lowest BCUT2D eigenvalue weighted by Crippen LogP contribution is -2.51. The van der Waals surface area contributed by atoms with Gasteiger partial charge in [-0.05, 0) is 65.8 Å². The topological polar surface area (TPSA) is 179 Å². The highest BCUT2D eigenvalue weighted by molar-refractivity contribution is 5.87. The Hall–Kier alpha value is -6.17. The first kappa shape index (κ1) is 39.5. The predicted molar refractivity (Wildman–Crippen MR) is 209 cm³/mol. The standard InChI is InChI=1S/C41H49N9O6/c1-23(2)34(47-40(53)55-6)38(51)49-18-8-10-32(49)36-43-21-30(45-36)26-14-12-25(13-15-26)28-17-16-27(20-29(28)42-5)31-22-44-37(46-31)33-11-9-19-50(33)39(52)35(24(3)4)48-41(54)56-7/h12-17,20-24,32-35H,8-11,18-19H2,1-4,6-7H3,(H,43,45)(H,44,46)(H,47,53)(H,48,54)/t32-,33-,34-,35-/m0/s1. The second kappa shape index (κ2) is 17.1. The zero-order chi connectivity index (χ0) is 40.1. The van der Waals surface area contributed by atoms with E-state index in [2.05, 4.69) is 35.4 Å². The highest BCUT2D eigenvalue weighted by Gasteiger charge is 2.39. The van der Waals surface area contributed by atoms with Crippen molar-refractivity contribution in [3.8, 4) is 33.6 Å². The minimum absolute atomic E-state index is 0.124. The van der Waals surface area contributed by atoms with Crippen LogP contribution in [0.4, 0.5) is 15.3 Å². The molecular formula is C41H49N9O6. The molecule has 0 spiro atoms. The number of aromatic amines is 2. The normalized spacial score (nSPS) is 17.8. The quantitative estimate of drug-likeness (QED) is 0.121. The Morgan fingerprint density at radius 3 is 1.62 bits per heavy atom. The van der Waals surface area contributed by atoms with Crippen molar-refractivity contribution < 1.29 is 28.7 Å². The SMILES string of the molecule is [C-]#[N+]c1cc(-c2cnc([C@@H]3CCCN3C(=O)[C@@H](NC(=O)OC)C(C)C)[nH]2)ccc1-c1ccc(-c2cnc([C@@H]3CCCN3C(=O)[C@@H](NC(=O)OC)C(C)C)[nH]2)cc1. The number of nitrogens with one attached hydrogen (secondary N) is 4. The van der Waals surface area contributed by atoms with Crippen LogP contribution >= 0.6 is 0 Å². The smallest absolute Gasteiger partial charge is 0.407 e. The number of aromatic nitrogens is 4. The van der Waals surface area contributed by atoms with Gasteiger partial charge in [0.15, 0.2) is 5.69 Å². The molecule has 0 saturated carbocycles.